The van der Waals surface area contributed by atoms with Gasteiger partial charge in [0.25, 0.3) is 0 Å². The Morgan fingerprint density at radius 2 is 1.83 bits per heavy atom. The molecule has 0 aliphatic rings. The Labute approximate surface area is 113 Å². The molecule has 0 bridgehead atoms. The van der Waals surface area contributed by atoms with Gasteiger partial charge in [0.1, 0.15) is 0 Å². The number of nitrogens with two attached hydrogens (primary N) is 1. The summed E-state index contributed by atoms with van der Waals surface area (Å²) in [5.74, 6) is -1.18. The van der Waals surface area contributed by atoms with Crippen LogP contribution in [0.15, 0.2) is 41.3 Å². The minimum atomic E-state index is -0.842. The van der Waals surface area contributed by atoms with E-state index in [-0.39, 0.29) is 0 Å². The molecule has 18 heavy (non-hydrogen) atoms. The van der Waals surface area contributed by atoms with E-state index in [0.29, 0.717) is 22.0 Å². The number of hydrogen-bond donors (Lipinski definition) is 1. The van der Waals surface area contributed by atoms with Gasteiger partial charge in [-0.25, -0.2) is 8.78 Å². The average molecular weight is 286 g/mol. The van der Waals surface area contributed by atoms with Crippen LogP contribution >= 0.6 is 23.4 Å². The largest absolute Gasteiger partial charge is 0.399 e. The quantitative estimate of drug-likeness (QED) is 0.664. The summed E-state index contributed by atoms with van der Waals surface area (Å²) in [5.41, 5.74) is 6.97. The lowest BCUT2D eigenvalue weighted by molar-refractivity contribution is 0.507. The van der Waals surface area contributed by atoms with E-state index in [0.717, 1.165) is 11.0 Å². The molecule has 2 aromatic rings. The van der Waals surface area contributed by atoms with Crippen LogP contribution in [0.5, 0.6) is 0 Å². The summed E-state index contributed by atoms with van der Waals surface area (Å²) in [7, 11) is 0. The maximum absolute atomic E-state index is 13.0. The van der Waals surface area contributed by atoms with Gasteiger partial charge in [-0.15, -0.1) is 11.8 Å². The lowest BCUT2D eigenvalue weighted by Crippen LogP contribution is -1.89. The summed E-state index contributed by atoms with van der Waals surface area (Å²) < 4.78 is 25.8. The van der Waals surface area contributed by atoms with Crippen molar-refractivity contribution in [2.24, 2.45) is 0 Å². The zero-order valence-electron chi connectivity index (χ0n) is 9.29. The maximum atomic E-state index is 13.0. The first kappa shape index (κ1) is 13.2. The lowest BCUT2D eigenvalue weighted by atomic mass is 10.2. The van der Waals surface area contributed by atoms with Crippen molar-refractivity contribution in [2.75, 3.05) is 5.73 Å². The molecule has 0 spiro atoms. The van der Waals surface area contributed by atoms with Crippen LogP contribution in [0.2, 0.25) is 5.02 Å². The van der Waals surface area contributed by atoms with Crippen molar-refractivity contribution >= 4 is 29.1 Å². The maximum Gasteiger partial charge on any atom is 0.159 e. The van der Waals surface area contributed by atoms with Gasteiger partial charge in [-0.3, -0.25) is 0 Å². The first-order valence-electron chi connectivity index (χ1n) is 5.18. The summed E-state index contributed by atoms with van der Waals surface area (Å²) >= 11 is 7.44. The zero-order chi connectivity index (χ0) is 13.1. The van der Waals surface area contributed by atoms with Gasteiger partial charge in [-0.05, 0) is 35.9 Å². The minimum absolute atomic E-state index is 0.500. The lowest BCUT2D eigenvalue weighted by Gasteiger charge is -2.06. The Bertz CT molecular complexity index is 575. The SMILES string of the molecule is Nc1ccc(Cl)c(SCc2ccc(F)c(F)c2)c1. The first-order chi connectivity index (χ1) is 8.56. The average Bonchev–Trinajstić information content (AvgIpc) is 2.34. The number of nitrogen functional groups attached to an aromatic ring is 1. The van der Waals surface area contributed by atoms with Crippen molar-refractivity contribution in [1.82, 2.24) is 0 Å². The number of rotatable bonds is 3. The molecular formula is C13H10ClF2NS. The van der Waals surface area contributed by atoms with E-state index < -0.39 is 11.6 Å². The highest BCUT2D eigenvalue weighted by molar-refractivity contribution is 7.98. The van der Waals surface area contributed by atoms with E-state index in [1.807, 2.05) is 0 Å². The number of anilines is 1. The highest BCUT2D eigenvalue weighted by Gasteiger charge is 2.05. The van der Waals surface area contributed by atoms with Gasteiger partial charge in [0.2, 0.25) is 0 Å². The monoisotopic (exact) mass is 285 g/mol. The molecule has 0 aliphatic carbocycles. The van der Waals surface area contributed by atoms with Crippen molar-refractivity contribution in [2.45, 2.75) is 10.6 Å². The summed E-state index contributed by atoms with van der Waals surface area (Å²) in [6.07, 6.45) is 0. The number of thioether (sulfide) groups is 1. The third-order valence-corrected chi connectivity index (χ3v) is 3.90. The minimum Gasteiger partial charge on any atom is -0.399 e. The zero-order valence-corrected chi connectivity index (χ0v) is 10.9. The van der Waals surface area contributed by atoms with Gasteiger partial charge in [0.05, 0.1) is 5.02 Å². The summed E-state index contributed by atoms with van der Waals surface area (Å²) in [6, 6.07) is 9.03. The van der Waals surface area contributed by atoms with Gasteiger partial charge in [0, 0.05) is 16.3 Å². The Balaban J connectivity index is 2.11. The summed E-state index contributed by atoms with van der Waals surface area (Å²) in [4.78, 5) is 0.821. The number of halogens is 3. The third kappa shape index (κ3) is 3.15. The van der Waals surface area contributed by atoms with Crippen LogP contribution in [-0.4, -0.2) is 0 Å². The van der Waals surface area contributed by atoms with Crippen molar-refractivity contribution < 1.29 is 8.78 Å². The molecule has 2 N–H and O–H groups in total. The standard InChI is InChI=1S/C13H10ClF2NS/c14-10-3-2-9(17)6-13(10)18-7-8-1-4-11(15)12(16)5-8/h1-6H,7,17H2. The smallest absolute Gasteiger partial charge is 0.159 e. The third-order valence-electron chi connectivity index (χ3n) is 2.33. The van der Waals surface area contributed by atoms with Crippen molar-refractivity contribution in [3.63, 3.8) is 0 Å². The molecule has 1 nitrogen and oxygen atoms in total. The Kier molecular flexibility index (Phi) is 4.09. The highest BCUT2D eigenvalue weighted by Crippen LogP contribution is 2.31. The molecule has 0 saturated heterocycles. The first-order valence-corrected chi connectivity index (χ1v) is 6.54. The summed E-state index contributed by atoms with van der Waals surface area (Å²) in [5, 5.41) is 0.594. The van der Waals surface area contributed by atoms with E-state index in [9.17, 15) is 8.78 Å². The van der Waals surface area contributed by atoms with E-state index in [1.165, 1.54) is 17.8 Å². The molecule has 0 unspecified atom stereocenters. The van der Waals surface area contributed by atoms with Crippen LogP contribution in [0.1, 0.15) is 5.56 Å². The van der Waals surface area contributed by atoms with Gasteiger partial charge in [0.15, 0.2) is 11.6 Å². The van der Waals surface area contributed by atoms with Crippen LogP contribution < -0.4 is 5.73 Å². The van der Waals surface area contributed by atoms with Crippen molar-refractivity contribution in [3.8, 4) is 0 Å². The fraction of sp³-hybridized carbons (Fsp3) is 0.0769. The number of benzene rings is 2. The number of hydrogen-bond acceptors (Lipinski definition) is 2. The van der Waals surface area contributed by atoms with Crippen LogP contribution in [0.4, 0.5) is 14.5 Å². The molecule has 0 heterocycles. The van der Waals surface area contributed by atoms with Crippen LogP contribution in [0, 0.1) is 11.6 Å². The fourth-order valence-electron chi connectivity index (χ4n) is 1.42. The molecule has 2 aromatic carbocycles. The molecule has 0 atom stereocenters. The van der Waals surface area contributed by atoms with Gasteiger partial charge in [-0.1, -0.05) is 17.7 Å². The Morgan fingerprint density at radius 3 is 2.56 bits per heavy atom. The highest BCUT2D eigenvalue weighted by atomic mass is 35.5. The van der Waals surface area contributed by atoms with E-state index in [1.54, 1.807) is 24.3 Å². The molecule has 0 aromatic heterocycles. The van der Waals surface area contributed by atoms with E-state index >= 15 is 0 Å². The van der Waals surface area contributed by atoms with Crippen LogP contribution in [0.25, 0.3) is 0 Å². The molecule has 0 radical (unpaired) electrons. The van der Waals surface area contributed by atoms with Crippen molar-refractivity contribution in [1.29, 1.82) is 0 Å². The second-order valence-corrected chi connectivity index (χ2v) is 5.15. The predicted octanol–water partition coefficient (Wildman–Crippen LogP) is 4.49. The van der Waals surface area contributed by atoms with Gasteiger partial charge < -0.3 is 5.73 Å². The predicted molar refractivity (Wildman–Crippen MR) is 71.8 cm³/mol. The molecule has 0 amide bonds. The van der Waals surface area contributed by atoms with Gasteiger partial charge in [-0.2, -0.15) is 0 Å². The molecule has 0 aliphatic heterocycles. The van der Waals surface area contributed by atoms with E-state index in [2.05, 4.69) is 0 Å². The van der Waals surface area contributed by atoms with Crippen LogP contribution in [0.3, 0.4) is 0 Å². The molecule has 94 valence electrons. The normalized spacial score (nSPS) is 10.6. The molecule has 5 heteroatoms. The topological polar surface area (TPSA) is 26.0 Å². The van der Waals surface area contributed by atoms with Crippen LogP contribution in [-0.2, 0) is 5.75 Å². The Hall–Kier alpha value is -1.26. The van der Waals surface area contributed by atoms with E-state index in [4.69, 9.17) is 17.3 Å². The second-order valence-electron chi connectivity index (χ2n) is 3.73. The summed E-state index contributed by atoms with van der Waals surface area (Å²) in [6.45, 7) is 0. The molecule has 0 saturated carbocycles. The second kappa shape index (κ2) is 5.59. The molecule has 0 fully saturated rings. The Morgan fingerprint density at radius 1 is 1.06 bits per heavy atom. The molecular weight excluding hydrogens is 276 g/mol. The molecule has 2 rings (SSSR count). The van der Waals surface area contributed by atoms with Crippen molar-refractivity contribution in [3.05, 3.63) is 58.6 Å². The fourth-order valence-corrected chi connectivity index (χ4v) is 2.63. The van der Waals surface area contributed by atoms with Gasteiger partial charge >= 0.3 is 0 Å².